The Morgan fingerprint density at radius 3 is 2.57 bits per heavy atom. The number of hydrogen-bond donors (Lipinski definition) is 2. The molecule has 0 aromatic heterocycles. The molecule has 0 saturated carbocycles. The summed E-state index contributed by atoms with van der Waals surface area (Å²) in [6.07, 6.45) is -4.35. The van der Waals surface area contributed by atoms with Crippen LogP contribution in [0.1, 0.15) is 5.56 Å². The fourth-order valence-corrected chi connectivity index (χ4v) is 2.01. The number of alkyl halides is 3. The topological polar surface area (TPSA) is 50.7 Å². The first-order valence-electron chi connectivity index (χ1n) is 6.56. The highest BCUT2D eigenvalue weighted by Gasteiger charge is 2.37. The molecule has 0 atom stereocenters. The SMILES string of the molecule is Cc1cc(NCC2(CO)COC2)ccc1OCC(F)(F)F. The first-order chi connectivity index (χ1) is 9.84. The van der Waals surface area contributed by atoms with Crippen LogP contribution in [0.5, 0.6) is 5.75 Å². The highest BCUT2D eigenvalue weighted by molar-refractivity contribution is 5.51. The van der Waals surface area contributed by atoms with Crippen LogP contribution in [0.4, 0.5) is 18.9 Å². The smallest absolute Gasteiger partial charge is 0.422 e. The summed E-state index contributed by atoms with van der Waals surface area (Å²) < 4.78 is 46.2. The second kappa shape index (κ2) is 6.11. The van der Waals surface area contributed by atoms with Crippen molar-refractivity contribution in [2.75, 3.05) is 38.3 Å². The van der Waals surface area contributed by atoms with Gasteiger partial charge in [-0.25, -0.2) is 0 Å². The van der Waals surface area contributed by atoms with Crippen LogP contribution < -0.4 is 10.1 Å². The number of rotatable bonds is 6. The number of aliphatic hydroxyl groups excluding tert-OH is 1. The van der Waals surface area contributed by atoms with Crippen LogP contribution in [0, 0.1) is 12.3 Å². The Balaban J connectivity index is 1.92. The van der Waals surface area contributed by atoms with Crippen LogP contribution in [-0.2, 0) is 4.74 Å². The number of nitrogens with one attached hydrogen (secondary N) is 1. The van der Waals surface area contributed by atoms with Crippen molar-refractivity contribution in [3.8, 4) is 5.75 Å². The van der Waals surface area contributed by atoms with Crippen molar-refractivity contribution < 1.29 is 27.8 Å². The molecule has 0 spiro atoms. The zero-order valence-corrected chi connectivity index (χ0v) is 11.7. The monoisotopic (exact) mass is 305 g/mol. The van der Waals surface area contributed by atoms with Gasteiger partial charge in [0.05, 0.1) is 25.2 Å². The van der Waals surface area contributed by atoms with Crippen LogP contribution in [0.25, 0.3) is 0 Å². The molecule has 1 fully saturated rings. The van der Waals surface area contributed by atoms with E-state index in [2.05, 4.69) is 5.32 Å². The van der Waals surface area contributed by atoms with Crippen molar-refractivity contribution >= 4 is 5.69 Å². The van der Waals surface area contributed by atoms with E-state index in [-0.39, 0.29) is 17.8 Å². The average Bonchev–Trinajstić information content (AvgIpc) is 2.36. The molecule has 21 heavy (non-hydrogen) atoms. The quantitative estimate of drug-likeness (QED) is 0.847. The van der Waals surface area contributed by atoms with Crippen molar-refractivity contribution in [1.82, 2.24) is 0 Å². The zero-order chi connectivity index (χ0) is 15.5. The summed E-state index contributed by atoms with van der Waals surface area (Å²) >= 11 is 0. The Kier molecular flexibility index (Phi) is 4.63. The van der Waals surface area contributed by atoms with Crippen molar-refractivity contribution in [2.24, 2.45) is 5.41 Å². The molecule has 2 rings (SSSR count). The largest absolute Gasteiger partial charge is 0.484 e. The van der Waals surface area contributed by atoms with Crippen molar-refractivity contribution in [3.05, 3.63) is 23.8 Å². The molecule has 0 radical (unpaired) electrons. The molecule has 2 N–H and O–H groups in total. The first-order valence-corrected chi connectivity index (χ1v) is 6.56. The third kappa shape index (κ3) is 4.25. The predicted octanol–water partition coefficient (Wildman–Crippen LogP) is 2.36. The van der Waals surface area contributed by atoms with E-state index < -0.39 is 12.8 Å². The second-order valence-corrected chi connectivity index (χ2v) is 5.39. The minimum Gasteiger partial charge on any atom is -0.484 e. The van der Waals surface area contributed by atoms with E-state index >= 15 is 0 Å². The van der Waals surface area contributed by atoms with Gasteiger partial charge in [-0.15, -0.1) is 0 Å². The molecular formula is C14H18F3NO3. The highest BCUT2D eigenvalue weighted by atomic mass is 19.4. The molecule has 118 valence electrons. The molecule has 1 saturated heterocycles. The first kappa shape index (κ1) is 15.9. The molecule has 1 aliphatic rings. The van der Waals surface area contributed by atoms with E-state index in [4.69, 9.17) is 9.47 Å². The lowest BCUT2D eigenvalue weighted by atomic mass is 9.87. The van der Waals surface area contributed by atoms with E-state index in [1.54, 1.807) is 19.1 Å². The third-order valence-electron chi connectivity index (χ3n) is 3.39. The number of aryl methyl sites for hydroxylation is 1. The Morgan fingerprint density at radius 2 is 2.10 bits per heavy atom. The molecule has 7 heteroatoms. The molecule has 0 aliphatic carbocycles. The molecule has 1 heterocycles. The van der Waals surface area contributed by atoms with Gasteiger partial charge >= 0.3 is 6.18 Å². The summed E-state index contributed by atoms with van der Waals surface area (Å²) in [6, 6.07) is 4.88. The zero-order valence-electron chi connectivity index (χ0n) is 11.7. The van der Waals surface area contributed by atoms with Crippen LogP contribution in [0.2, 0.25) is 0 Å². The van der Waals surface area contributed by atoms with E-state index in [9.17, 15) is 18.3 Å². The third-order valence-corrected chi connectivity index (χ3v) is 3.39. The normalized spacial score (nSPS) is 17.2. The number of hydrogen-bond acceptors (Lipinski definition) is 4. The van der Waals surface area contributed by atoms with Gasteiger partial charge < -0.3 is 19.9 Å². The number of anilines is 1. The summed E-state index contributed by atoms with van der Waals surface area (Å²) in [4.78, 5) is 0. The van der Waals surface area contributed by atoms with E-state index in [1.165, 1.54) is 6.07 Å². The van der Waals surface area contributed by atoms with E-state index in [0.29, 0.717) is 25.3 Å². The molecule has 1 aliphatic heterocycles. The molecule has 1 aromatic rings. The summed E-state index contributed by atoms with van der Waals surface area (Å²) in [6.45, 7) is 1.97. The second-order valence-electron chi connectivity index (χ2n) is 5.39. The van der Waals surface area contributed by atoms with Crippen molar-refractivity contribution in [3.63, 3.8) is 0 Å². The summed E-state index contributed by atoms with van der Waals surface area (Å²) in [5.74, 6) is 0.210. The summed E-state index contributed by atoms with van der Waals surface area (Å²) in [5, 5.41) is 12.5. The van der Waals surface area contributed by atoms with Crippen LogP contribution in [0.3, 0.4) is 0 Å². The Hall–Kier alpha value is -1.47. The predicted molar refractivity (Wildman–Crippen MR) is 71.6 cm³/mol. The van der Waals surface area contributed by atoms with Gasteiger partial charge in [-0.05, 0) is 30.7 Å². The van der Waals surface area contributed by atoms with Crippen molar-refractivity contribution in [2.45, 2.75) is 13.1 Å². The number of aliphatic hydroxyl groups is 1. The van der Waals surface area contributed by atoms with Gasteiger partial charge in [-0.2, -0.15) is 13.2 Å². The Morgan fingerprint density at radius 1 is 1.38 bits per heavy atom. The molecule has 0 amide bonds. The highest BCUT2D eigenvalue weighted by Crippen LogP contribution is 2.29. The van der Waals surface area contributed by atoms with Crippen LogP contribution >= 0.6 is 0 Å². The lowest BCUT2D eigenvalue weighted by Crippen LogP contribution is -2.50. The van der Waals surface area contributed by atoms with E-state index in [1.807, 2.05) is 0 Å². The number of ether oxygens (including phenoxy) is 2. The Bertz CT molecular complexity index is 481. The number of halogens is 3. The molecule has 1 aromatic carbocycles. The molecular weight excluding hydrogens is 287 g/mol. The maximum atomic E-state index is 12.1. The number of benzene rings is 1. The minimum absolute atomic E-state index is 0.0335. The summed E-state index contributed by atoms with van der Waals surface area (Å²) in [7, 11) is 0. The lowest BCUT2D eigenvalue weighted by Gasteiger charge is -2.40. The standard InChI is InChI=1S/C14H18F3NO3/c1-10-4-11(18-5-13(6-19)7-20-8-13)2-3-12(10)21-9-14(15,16)17/h2-4,18-19H,5-9H2,1H3. The molecule has 0 unspecified atom stereocenters. The van der Waals surface area contributed by atoms with Gasteiger partial charge in [0.25, 0.3) is 0 Å². The maximum Gasteiger partial charge on any atom is 0.422 e. The van der Waals surface area contributed by atoms with Crippen LogP contribution in [0.15, 0.2) is 18.2 Å². The molecule has 0 bridgehead atoms. The van der Waals surface area contributed by atoms with Gasteiger partial charge in [-0.3, -0.25) is 0 Å². The van der Waals surface area contributed by atoms with E-state index in [0.717, 1.165) is 5.69 Å². The van der Waals surface area contributed by atoms with Crippen molar-refractivity contribution in [1.29, 1.82) is 0 Å². The Labute approximate surface area is 120 Å². The van der Waals surface area contributed by atoms with Gasteiger partial charge in [0.1, 0.15) is 5.75 Å². The molecule has 4 nitrogen and oxygen atoms in total. The van der Waals surface area contributed by atoms with Gasteiger partial charge in [0.2, 0.25) is 0 Å². The van der Waals surface area contributed by atoms with Gasteiger partial charge in [-0.1, -0.05) is 0 Å². The average molecular weight is 305 g/mol. The van der Waals surface area contributed by atoms with Crippen LogP contribution in [-0.4, -0.2) is 44.3 Å². The maximum absolute atomic E-state index is 12.1. The van der Waals surface area contributed by atoms with Gasteiger partial charge in [0, 0.05) is 12.2 Å². The lowest BCUT2D eigenvalue weighted by molar-refractivity contribution is -0.153. The van der Waals surface area contributed by atoms with Gasteiger partial charge in [0.15, 0.2) is 6.61 Å². The fourth-order valence-electron chi connectivity index (χ4n) is 2.01. The summed E-state index contributed by atoms with van der Waals surface area (Å²) in [5.41, 5.74) is 1.12. The minimum atomic E-state index is -4.35. The fraction of sp³-hybridized carbons (Fsp3) is 0.571.